The number of amides is 1. The molecule has 1 amide bonds. The number of para-hydroxylation sites is 1. The lowest BCUT2D eigenvalue weighted by Gasteiger charge is -2.19. The fourth-order valence-corrected chi connectivity index (χ4v) is 3.47. The zero-order chi connectivity index (χ0) is 23.9. The minimum Gasteiger partial charge on any atom is -0.496 e. The van der Waals surface area contributed by atoms with Gasteiger partial charge in [-0.1, -0.05) is 60.7 Å². The molecule has 0 aliphatic carbocycles. The molecule has 0 aliphatic heterocycles. The number of hydrogen-bond acceptors (Lipinski definition) is 6. The van der Waals surface area contributed by atoms with Crippen molar-refractivity contribution in [2.75, 3.05) is 20.8 Å². The van der Waals surface area contributed by atoms with Crippen LogP contribution in [0.3, 0.4) is 0 Å². The minimum absolute atomic E-state index is 0.268. The summed E-state index contributed by atoms with van der Waals surface area (Å²) in [6.07, 6.45) is 1.61. The van der Waals surface area contributed by atoms with Gasteiger partial charge in [0.25, 0.3) is 5.91 Å². The van der Waals surface area contributed by atoms with E-state index in [-0.39, 0.29) is 18.1 Å². The smallest absolute Gasteiger partial charge is 0.339 e. The van der Waals surface area contributed by atoms with Gasteiger partial charge in [0.05, 0.1) is 24.4 Å². The van der Waals surface area contributed by atoms with E-state index in [9.17, 15) is 9.59 Å². The number of benzene rings is 3. The first-order valence-corrected chi connectivity index (χ1v) is 10.7. The number of aromatic nitrogens is 1. The molecular formula is C27H24N2O5. The van der Waals surface area contributed by atoms with Gasteiger partial charge >= 0.3 is 5.97 Å². The minimum atomic E-state index is -0.630. The Morgan fingerprint density at radius 3 is 2.44 bits per heavy atom. The van der Waals surface area contributed by atoms with Crippen LogP contribution in [-0.4, -0.2) is 42.5 Å². The van der Waals surface area contributed by atoms with E-state index in [4.69, 9.17) is 13.9 Å². The molecule has 0 saturated heterocycles. The number of esters is 1. The van der Waals surface area contributed by atoms with Crippen LogP contribution in [0.25, 0.3) is 22.8 Å². The van der Waals surface area contributed by atoms with Gasteiger partial charge in [-0.2, -0.15) is 0 Å². The molecule has 4 aromatic rings. The van der Waals surface area contributed by atoms with Crippen LogP contribution in [0.15, 0.2) is 89.5 Å². The van der Waals surface area contributed by atoms with Crippen molar-refractivity contribution in [1.82, 2.24) is 9.88 Å². The van der Waals surface area contributed by atoms with E-state index in [2.05, 4.69) is 4.98 Å². The number of ether oxygens (including phenoxy) is 2. The lowest BCUT2D eigenvalue weighted by atomic mass is 10.1. The summed E-state index contributed by atoms with van der Waals surface area (Å²) in [5, 5.41) is 0. The second kappa shape index (κ2) is 10.5. The third kappa shape index (κ3) is 5.15. The highest BCUT2D eigenvalue weighted by atomic mass is 16.5. The number of carbonyl (C=O) groups is 2. The molecule has 1 aromatic heterocycles. The largest absolute Gasteiger partial charge is 0.496 e. The molecule has 7 heteroatoms. The van der Waals surface area contributed by atoms with Crippen LogP contribution < -0.4 is 4.74 Å². The SMILES string of the molecule is COc1ccccc1CN(C)C(=O)COC(=O)c1ccccc1-c1ncc(-c2ccccc2)o1. The summed E-state index contributed by atoms with van der Waals surface area (Å²) in [6, 6.07) is 23.9. The average Bonchev–Trinajstić information content (AvgIpc) is 3.38. The normalized spacial score (nSPS) is 10.5. The number of oxazole rings is 1. The molecule has 1 heterocycles. The van der Waals surface area contributed by atoms with Gasteiger partial charge in [-0.15, -0.1) is 0 Å². The third-order valence-electron chi connectivity index (χ3n) is 5.29. The Hall–Kier alpha value is -4.39. The Bertz CT molecular complexity index is 1280. The molecule has 0 unspecified atom stereocenters. The number of rotatable bonds is 8. The fraction of sp³-hybridized carbons (Fsp3) is 0.148. The van der Waals surface area contributed by atoms with Crippen LogP contribution in [0.1, 0.15) is 15.9 Å². The van der Waals surface area contributed by atoms with Crippen LogP contribution in [0.4, 0.5) is 0 Å². The van der Waals surface area contributed by atoms with E-state index in [1.54, 1.807) is 44.6 Å². The van der Waals surface area contributed by atoms with Crippen molar-refractivity contribution in [3.05, 3.63) is 96.2 Å². The number of methoxy groups -OCH3 is 1. The van der Waals surface area contributed by atoms with Crippen molar-refractivity contribution in [2.45, 2.75) is 6.54 Å². The molecule has 4 rings (SSSR count). The molecule has 0 fully saturated rings. The monoisotopic (exact) mass is 456 g/mol. The van der Waals surface area contributed by atoms with Crippen molar-refractivity contribution >= 4 is 11.9 Å². The molecule has 0 aliphatic rings. The second-order valence-corrected chi connectivity index (χ2v) is 7.58. The summed E-state index contributed by atoms with van der Waals surface area (Å²) in [7, 11) is 3.23. The van der Waals surface area contributed by atoms with Gasteiger partial charge in [-0.05, 0) is 18.2 Å². The summed E-state index contributed by atoms with van der Waals surface area (Å²) < 4.78 is 16.5. The summed E-state index contributed by atoms with van der Waals surface area (Å²) in [6.45, 7) is -0.0603. The van der Waals surface area contributed by atoms with Crippen molar-refractivity contribution in [1.29, 1.82) is 0 Å². The highest BCUT2D eigenvalue weighted by Gasteiger charge is 2.20. The van der Waals surface area contributed by atoms with E-state index >= 15 is 0 Å². The first kappa shape index (κ1) is 22.8. The van der Waals surface area contributed by atoms with E-state index in [0.717, 1.165) is 11.1 Å². The number of hydrogen-bond donors (Lipinski definition) is 0. The van der Waals surface area contributed by atoms with E-state index in [0.29, 0.717) is 29.5 Å². The van der Waals surface area contributed by atoms with E-state index in [1.807, 2.05) is 54.6 Å². The van der Waals surface area contributed by atoms with Crippen LogP contribution in [0.2, 0.25) is 0 Å². The maximum atomic E-state index is 12.8. The highest BCUT2D eigenvalue weighted by Crippen LogP contribution is 2.28. The molecule has 0 atom stereocenters. The number of likely N-dealkylation sites (N-methyl/N-ethyl adjacent to an activating group) is 1. The summed E-state index contributed by atoms with van der Waals surface area (Å²) in [4.78, 5) is 31.2. The maximum absolute atomic E-state index is 12.8. The van der Waals surface area contributed by atoms with Gasteiger partial charge in [-0.3, -0.25) is 4.79 Å². The Labute approximate surface area is 197 Å². The Balaban J connectivity index is 1.43. The van der Waals surface area contributed by atoms with E-state index < -0.39 is 5.97 Å². The highest BCUT2D eigenvalue weighted by molar-refractivity contribution is 5.97. The van der Waals surface area contributed by atoms with Gasteiger partial charge in [0.1, 0.15) is 5.75 Å². The molecule has 3 aromatic carbocycles. The number of nitrogens with zero attached hydrogens (tertiary/aromatic N) is 2. The van der Waals surface area contributed by atoms with Gasteiger partial charge in [-0.25, -0.2) is 9.78 Å². The van der Waals surface area contributed by atoms with Crippen LogP contribution in [0.5, 0.6) is 5.75 Å². The standard InChI is InChI=1S/C27H24N2O5/c1-29(17-20-12-6-9-15-23(20)32-2)25(30)18-33-27(31)22-14-8-7-13-21(22)26-28-16-24(34-26)19-10-4-3-5-11-19/h3-16H,17-18H2,1-2H3. The molecule has 0 radical (unpaired) electrons. The van der Waals surface area contributed by atoms with Gasteiger partial charge < -0.3 is 18.8 Å². The van der Waals surface area contributed by atoms with Gasteiger partial charge in [0, 0.05) is 24.7 Å². The Kier molecular flexibility index (Phi) is 7.03. The van der Waals surface area contributed by atoms with Crippen LogP contribution >= 0.6 is 0 Å². The van der Waals surface area contributed by atoms with Crippen LogP contribution in [-0.2, 0) is 16.1 Å². The van der Waals surface area contributed by atoms with Crippen LogP contribution in [0, 0.1) is 0 Å². The molecule has 0 N–H and O–H groups in total. The predicted octanol–water partition coefficient (Wildman–Crippen LogP) is 4.83. The average molecular weight is 456 g/mol. The van der Waals surface area contributed by atoms with Crippen molar-refractivity contribution < 1.29 is 23.5 Å². The molecule has 7 nitrogen and oxygen atoms in total. The molecule has 0 bridgehead atoms. The lowest BCUT2D eigenvalue weighted by Crippen LogP contribution is -2.31. The lowest BCUT2D eigenvalue weighted by molar-refractivity contribution is -0.133. The van der Waals surface area contributed by atoms with Crippen molar-refractivity contribution in [3.63, 3.8) is 0 Å². The van der Waals surface area contributed by atoms with E-state index in [1.165, 1.54) is 4.90 Å². The van der Waals surface area contributed by atoms with Gasteiger partial charge in [0.15, 0.2) is 12.4 Å². The molecule has 0 spiro atoms. The molecule has 0 saturated carbocycles. The summed E-state index contributed by atoms with van der Waals surface area (Å²) >= 11 is 0. The third-order valence-corrected chi connectivity index (χ3v) is 5.29. The summed E-state index contributed by atoms with van der Waals surface area (Å²) in [5.74, 6) is 0.611. The first-order chi connectivity index (χ1) is 16.6. The molecular weight excluding hydrogens is 432 g/mol. The zero-order valence-electron chi connectivity index (χ0n) is 18.9. The van der Waals surface area contributed by atoms with Crippen molar-refractivity contribution in [3.8, 4) is 28.5 Å². The molecule has 34 heavy (non-hydrogen) atoms. The Morgan fingerprint density at radius 2 is 1.65 bits per heavy atom. The fourth-order valence-electron chi connectivity index (χ4n) is 3.47. The number of carbonyl (C=O) groups excluding carboxylic acids is 2. The molecule has 172 valence electrons. The Morgan fingerprint density at radius 1 is 0.941 bits per heavy atom. The topological polar surface area (TPSA) is 81.9 Å². The van der Waals surface area contributed by atoms with Crippen molar-refractivity contribution in [2.24, 2.45) is 0 Å². The zero-order valence-corrected chi connectivity index (χ0v) is 18.9. The second-order valence-electron chi connectivity index (χ2n) is 7.58. The van der Waals surface area contributed by atoms with Gasteiger partial charge in [0.2, 0.25) is 5.89 Å². The maximum Gasteiger partial charge on any atom is 0.339 e. The summed E-state index contributed by atoms with van der Waals surface area (Å²) in [5.41, 5.74) is 2.49. The first-order valence-electron chi connectivity index (χ1n) is 10.7. The quantitative estimate of drug-likeness (QED) is 0.353. The predicted molar refractivity (Wildman–Crippen MR) is 127 cm³/mol.